The molecule has 1 saturated carbocycles. The first-order valence-electron chi connectivity index (χ1n) is 8.12. The average molecular weight is 280 g/mol. The minimum atomic E-state index is -0.713. The summed E-state index contributed by atoms with van der Waals surface area (Å²) in [6, 6.07) is 0.337. The maximum atomic E-state index is 12.8. The number of hydrogen-bond donors (Lipinski definition) is 1. The van der Waals surface area contributed by atoms with Crippen molar-refractivity contribution < 1.29 is 9.59 Å². The molecule has 0 aromatic rings. The van der Waals surface area contributed by atoms with Gasteiger partial charge in [-0.05, 0) is 44.9 Å². The van der Waals surface area contributed by atoms with Gasteiger partial charge in [0.05, 0.1) is 0 Å². The van der Waals surface area contributed by atoms with Crippen molar-refractivity contribution in [2.45, 2.75) is 77.3 Å². The molecule has 4 nitrogen and oxygen atoms in total. The number of carbonyl (C=O) groups is 2. The van der Waals surface area contributed by atoms with E-state index in [1.165, 1.54) is 19.3 Å². The van der Waals surface area contributed by atoms with Crippen LogP contribution in [-0.2, 0) is 9.59 Å². The van der Waals surface area contributed by atoms with E-state index in [0.717, 1.165) is 18.8 Å². The van der Waals surface area contributed by atoms with Gasteiger partial charge < -0.3 is 10.2 Å². The lowest BCUT2D eigenvalue weighted by Crippen LogP contribution is -2.57. The highest BCUT2D eigenvalue weighted by Gasteiger charge is 2.41. The van der Waals surface area contributed by atoms with Crippen LogP contribution in [0.5, 0.6) is 0 Å². The molecule has 114 valence electrons. The van der Waals surface area contributed by atoms with Gasteiger partial charge in [-0.15, -0.1) is 0 Å². The Hall–Kier alpha value is -1.06. The number of nitrogens with one attached hydrogen (secondary N) is 1. The lowest BCUT2D eigenvalue weighted by Gasteiger charge is -2.39. The van der Waals surface area contributed by atoms with Gasteiger partial charge in [-0.3, -0.25) is 9.59 Å². The summed E-state index contributed by atoms with van der Waals surface area (Å²) in [4.78, 5) is 26.6. The largest absolute Gasteiger partial charge is 0.342 e. The molecule has 1 atom stereocenters. The fraction of sp³-hybridized carbons (Fsp3) is 0.875. The molecule has 2 aliphatic rings. The molecule has 1 unspecified atom stereocenters. The summed E-state index contributed by atoms with van der Waals surface area (Å²) in [7, 11) is 0. The molecule has 0 aromatic carbocycles. The zero-order chi connectivity index (χ0) is 14.8. The fourth-order valence-corrected chi connectivity index (χ4v) is 3.52. The standard InChI is InChI=1S/C16H28N2O2/c1-4-12-6-8-13(9-7-12)18-11-10-14(19)17-16(3,5-2)15(18)20/h12-13H,4-11H2,1-3H3,(H,17,19). The Morgan fingerprint density at radius 2 is 1.85 bits per heavy atom. The molecule has 1 heterocycles. The highest BCUT2D eigenvalue weighted by Crippen LogP contribution is 2.31. The van der Waals surface area contributed by atoms with Crippen LogP contribution in [-0.4, -0.2) is 34.8 Å². The fourth-order valence-electron chi connectivity index (χ4n) is 3.52. The molecular formula is C16H28N2O2. The molecule has 1 aliphatic heterocycles. The third kappa shape index (κ3) is 2.99. The monoisotopic (exact) mass is 280 g/mol. The van der Waals surface area contributed by atoms with Crippen LogP contribution >= 0.6 is 0 Å². The van der Waals surface area contributed by atoms with Crippen LogP contribution in [0.2, 0.25) is 0 Å². The Kier molecular flexibility index (Phi) is 4.71. The number of hydrogen-bond acceptors (Lipinski definition) is 2. The van der Waals surface area contributed by atoms with Crippen molar-refractivity contribution in [1.29, 1.82) is 0 Å². The van der Waals surface area contributed by atoms with Gasteiger partial charge in [0, 0.05) is 19.0 Å². The first kappa shape index (κ1) is 15.3. The average Bonchev–Trinajstić information content (AvgIpc) is 2.57. The van der Waals surface area contributed by atoms with Crippen LogP contribution < -0.4 is 5.32 Å². The van der Waals surface area contributed by atoms with Gasteiger partial charge in [-0.1, -0.05) is 20.3 Å². The number of rotatable bonds is 3. The number of nitrogens with zero attached hydrogens (tertiary/aromatic N) is 1. The van der Waals surface area contributed by atoms with Gasteiger partial charge in [0.25, 0.3) is 0 Å². The van der Waals surface area contributed by atoms with E-state index < -0.39 is 5.54 Å². The second kappa shape index (κ2) is 6.15. The second-order valence-electron chi connectivity index (χ2n) is 6.57. The summed E-state index contributed by atoms with van der Waals surface area (Å²) in [6.45, 7) is 6.67. The third-order valence-corrected chi connectivity index (χ3v) is 5.27. The highest BCUT2D eigenvalue weighted by molar-refractivity contribution is 5.93. The smallest absolute Gasteiger partial charge is 0.248 e. The molecule has 2 fully saturated rings. The summed E-state index contributed by atoms with van der Waals surface area (Å²) < 4.78 is 0. The van der Waals surface area contributed by atoms with Gasteiger partial charge in [0.15, 0.2) is 0 Å². The van der Waals surface area contributed by atoms with E-state index in [1.54, 1.807) is 0 Å². The molecule has 0 aromatic heterocycles. The van der Waals surface area contributed by atoms with Crippen LogP contribution in [0.1, 0.15) is 65.7 Å². The zero-order valence-electron chi connectivity index (χ0n) is 13.1. The molecule has 0 bridgehead atoms. The normalized spacial score (nSPS) is 35.6. The van der Waals surface area contributed by atoms with Crippen molar-refractivity contribution in [3.63, 3.8) is 0 Å². The van der Waals surface area contributed by atoms with Crippen molar-refractivity contribution >= 4 is 11.8 Å². The van der Waals surface area contributed by atoms with Crippen molar-refractivity contribution in [2.75, 3.05) is 6.54 Å². The number of amides is 2. The molecule has 4 heteroatoms. The van der Waals surface area contributed by atoms with Crippen LogP contribution in [0.4, 0.5) is 0 Å². The number of carbonyl (C=O) groups excluding carboxylic acids is 2. The first-order chi connectivity index (χ1) is 9.50. The Morgan fingerprint density at radius 3 is 2.40 bits per heavy atom. The summed E-state index contributed by atoms with van der Waals surface area (Å²) >= 11 is 0. The van der Waals surface area contributed by atoms with Crippen LogP contribution in [0.3, 0.4) is 0 Å². The van der Waals surface area contributed by atoms with Crippen molar-refractivity contribution in [1.82, 2.24) is 10.2 Å². The Labute approximate surface area is 122 Å². The second-order valence-corrected chi connectivity index (χ2v) is 6.57. The van der Waals surface area contributed by atoms with Gasteiger partial charge in [0.1, 0.15) is 5.54 Å². The molecule has 1 N–H and O–H groups in total. The van der Waals surface area contributed by atoms with Crippen molar-refractivity contribution in [3.05, 3.63) is 0 Å². The van der Waals surface area contributed by atoms with E-state index in [4.69, 9.17) is 0 Å². The quantitative estimate of drug-likeness (QED) is 0.863. The summed E-state index contributed by atoms with van der Waals surface area (Å²) in [5, 5.41) is 2.91. The molecule has 1 aliphatic carbocycles. The van der Waals surface area contributed by atoms with Gasteiger partial charge in [-0.25, -0.2) is 0 Å². The Morgan fingerprint density at radius 1 is 1.20 bits per heavy atom. The van der Waals surface area contributed by atoms with E-state index in [2.05, 4.69) is 12.2 Å². The molecule has 20 heavy (non-hydrogen) atoms. The summed E-state index contributed by atoms with van der Waals surface area (Å²) in [5.41, 5.74) is -0.713. The Bertz CT molecular complexity index is 375. The van der Waals surface area contributed by atoms with Gasteiger partial charge in [0.2, 0.25) is 11.8 Å². The predicted octanol–water partition coefficient (Wildman–Crippen LogP) is 2.47. The molecule has 2 rings (SSSR count). The SMILES string of the molecule is CCC1CCC(N2CCC(=O)NC(C)(CC)C2=O)CC1. The van der Waals surface area contributed by atoms with Crippen molar-refractivity contribution in [3.8, 4) is 0 Å². The molecule has 1 saturated heterocycles. The maximum absolute atomic E-state index is 12.8. The minimum Gasteiger partial charge on any atom is -0.342 e. The van der Waals surface area contributed by atoms with E-state index >= 15 is 0 Å². The van der Waals surface area contributed by atoms with Crippen molar-refractivity contribution in [2.24, 2.45) is 5.92 Å². The van der Waals surface area contributed by atoms with E-state index in [0.29, 0.717) is 25.4 Å². The molecule has 0 spiro atoms. The summed E-state index contributed by atoms with van der Waals surface area (Å²) in [6.07, 6.45) is 6.96. The minimum absolute atomic E-state index is 0.00689. The predicted molar refractivity (Wildman–Crippen MR) is 79.2 cm³/mol. The lowest BCUT2D eigenvalue weighted by atomic mass is 9.83. The molecular weight excluding hydrogens is 252 g/mol. The maximum Gasteiger partial charge on any atom is 0.248 e. The van der Waals surface area contributed by atoms with Gasteiger partial charge in [-0.2, -0.15) is 0 Å². The van der Waals surface area contributed by atoms with Crippen LogP contribution in [0.15, 0.2) is 0 Å². The van der Waals surface area contributed by atoms with E-state index in [9.17, 15) is 9.59 Å². The van der Waals surface area contributed by atoms with E-state index in [1.807, 2.05) is 18.7 Å². The molecule has 2 amide bonds. The topological polar surface area (TPSA) is 49.4 Å². The summed E-state index contributed by atoms with van der Waals surface area (Å²) in [5.74, 6) is 0.948. The highest BCUT2D eigenvalue weighted by atomic mass is 16.2. The van der Waals surface area contributed by atoms with Crippen LogP contribution in [0, 0.1) is 5.92 Å². The first-order valence-corrected chi connectivity index (χ1v) is 8.12. The zero-order valence-corrected chi connectivity index (χ0v) is 13.1. The third-order valence-electron chi connectivity index (χ3n) is 5.27. The van der Waals surface area contributed by atoms with E-state index in [-0.39, 0.29) is 11.8 Å². The Balaban J connectivity index is 2.10. The van der Waals surface area contributed by atoms with Crippen LogP contribution in [0.25, 0.3) is 0 Å². The lowest BCUT2D eigenvalue weighted by molar-refractivity contribution is -0.141. The van der Waals surface area contributed by atoms with Gasteiger partial charge >= 0.3 is 0 Å². The molecule has 0 radical (unpaired) electrons.